The van der Waals surface area contributed by atoms with Crippen LogP contribution in [0.15, 0.2) is 28.8 Å². The van der Waals surface area contributed by atoms with Crippen molar-refractivity contribution in [2.75, 3.05) is 13.2 Å². The summed E-state index contributed by atoms with van der Waals surface area (Å²) < 4.78 is 21.6. The lowest BCUT2D eigenvalue weighted by Gasteiger charge is -2.18. The second kappa shape index (κ2) is 4.60. The van der Waals surface area contributed by atoms with E-state index in [0.717, 1.165) is 11.4 Å². The van der Waals surface area contributed by atoms with Crippen LogP contribution >= 0.6 is 0 Å². The third kappa shape index (κ3) is 2.25. The van der Waals surface area contributed by atoms with Gasteiger partial charge in [0.2, 0.25) is 0 Å². The monoisotopic (exact) mass is 247 g/mol. The summed E-state index contributed by atoms with van der Waals surface area (Å²) in [7, 11) is 0. The van der Waals surface area contributed by atoms with Crippen LogP contribution in [0, 0.1) is 6.92 Å². The van der Waals surface area contributed by atoms with Gasteiger partial charge in [-0.15, -0.1) is 0 Å². The van der Waals surface area contributed by atoms with Gasteiger partial charge >= 0.3 is 0 Å². The van der Waals surface area contributed by atoms with E-state index in [2.05, 4.69) is 5.16 Å². The Balaban J connectivity index is 1.69. The number of benzene rings is 1. The maximum atomic E-state index is 5.60. The summed E-state index contributed by atoms with van der Waals surface area (Å²) in [4.78, 5) is 0. The first kappa shape index (κ1) is 11.0. The van der Waals surface area contributed by atoms with Gasteiger partial charge < -0.3 is 18.7 Å². The topological polar surface area (TPSA) is 53.7 Å². The molecule has 0 saturated carbocycles. The molecule has 0 amide bonds. The highest BCUT2D eigenvalue weighted by atomic mass is 16.6. The highest BCUT2D eigenvalue weighted by molar-refractivity contribution is 5.46. The molecule has 1 aliphatic heterocycles. The minimum Gasteiger partial charge on any atom is -0.486 e. The van der Waals surface area contributed by atoms with E-state index < -0.39 is 0 Å². The number of fused-ring (bicyclic) bond motifs is 1. The number of hydrogen-bond acceptors (Lipinski definition) is 5. The van der Waals surface area contributed by atoms with Crippen molar-refractivity contribution in [2.24, 2.45) is 0 Å². The van der Waals surface area contributed by atoms with Crippen LogP contribution in [0.3, 0.4) is 0 Å². The average molecular weight is 247 g/mol. The number of ether oxygens (including phenoxy) is 3. The second-order valence-electron chi connectivity index (χ2n) is 4.03. The Morgan fingerprint density at radius 1 is 1.17 bits per heavy atom. The lowest BCUT2D eigenvalue weighted by atomic mass is 10.3. The Morgan fingerprint density at radius 2 is 2.00 bits per heavy atom. The van der Waals surface area contributed by atoms with Crippen molar-refractivity contribution >= 4 is 0 Å². The lowest BCUT2D eigenvalue weighted by Crippen LogP contribution is -2.15. The molecule has 94 valence electrons. The number of nitrogens with zero attached hydrogens (tertiary/aromatic N) is 1. The van der Waals surface area contributed by atoms with Crippen LogP contribution in [0.2, 0.25) is 0 Å². The largest absolute Gasteiger partial charge is 0.486 e. The van der Waals surface area contributed by atoms with Gasteiger partial charge in [-0.2, -0.15) is 0 Å². The van der Waals surface area contributed by atoms with Crippen molar-refractivity contribution < 1.29 is 18.7 Å². The molecule has 1 aliphatic rings. The fourth-order valence-corrected chi connectivity index (χ4v) is 1.75. The SMILES string of the molecule is Cc1cc(COc2ccc3c(c2)OCCO3)on1. The molecular weight excluding hydrogens is 234 g/mol. The maximum Gasteiger partial charge on any atom is 0.174 e. The molecule has 18 heavy (non-hydrogen) atoms. The van der Waals surface area contributed by atoms with E-state index in [4.69, 9.17) is 18.7 Å². The second-order valence-corrected chi connectivity index (χ2v) is 4.03. The molecule has 5 heteroatoms. The standard InChI is InChI=1S/C13H13NO4/c1-9-6-11(18-14-9)8-17-10-2-3-12-13(7-10)16-5-4-15-12/h2-3,6-7H,4-5,8H2,1H3. The van der Waals surface area contributed by atoms with Gasteiger partial charge in [-0.3, -0.25) is 0 Å². The van der Waals surface area contributed by atoms with Crippen LogP contribution in [-0.4, -0.2) is 18.4 Å². The molecule has 2 heterocycles. The maximum absolute atomic E-state index is 5.60. The van der Waals surface area contributed by atoms with Gasteiger partial charge in [-0.25, -0.2) is 0 Å². The number of aryl methyl sites for hydroxylation is 1. The highest BCUT2D eigenvalue weighted by Crippen LogP contribution is 2.33. The normalized spacial score (nSPS) is 13.4. The third-order valence-electron chi connectivity index (χ3n) is 2.57. The van der Waals surface area contributed by atoms with Crippen LogP contribution in [0.25, 0.3) is 0 Å². The zero-order valence-corrected chi connectivity index (χ0v) is 10.0. The van der Waals surface area contributed by atoms with Crippen LogP contribution < -0.4 is 14.2 Å². The van der Waals surface area contributed by atoms with Crippen molar-refractivity contribution in [1.29, 1.82) is 0 Å². The molecule has 2 aromatic rings. The summed E-state index contributed by atoms with van der Waals surface area (Å²) in [6.45, 7) is 3.37. The summed E-state index contributed by atoms with van der Waals surface area (Å²) in [5.41, 5.74) is 0.843. The van der Waals surface area contributed by atoms with E-state index >= 15 is 0 Å². The molecule has 0 spiro atoms. The first-order valence-electron chi connectivity index (χ1n) is 5.76. The van der Waals surface area contributed by atoms with E-state index in [9.17, 15) is 0 Å². The van der Waals surface area contributed by atoms with E-state index in [1.54, 1.807) is 0 Å². The quantitative estimate of drug-likeness (QED) is 0.833. The van der Waals surface area contributed by atoms with Crippen LogP contribution in [0.5, 0.6) is 17.2 Å². The summed E-state index contributed by atoms with van der Waals surface area (Å²) in [5.74, 6) is 2.88. The van der Waals surface area contributed by atoms with E-state index in [1.165, 1.54) is 0 Å². The van der Waals surface area contributed by atoms with Crippen molar-refractivity contribution in [3.05, 3.63) is 35.7 Å². The summed E-state index contributed by atoms with van der Waals surface area (Å²) >= 11 is 0. The molecular formula is C13H13NO4. The Hall–Kier alpha value is -2.17. The molecule has 0 fully saturated rings. The fourth-order valence-electron chi connectivity index (χ4n) is 1.75. The molecule has 1 aromatic heterocycles. The summed E-state index contributed by atoms with van der Waals surface area (Å²) in [6.07, 6.45) is 0. The van der Waals surface area contributed by atoms with Gasteiger partial charge in [0.05, 0.1) is 5.69 Å². The third-order valence-corrected chi connectivity index (χ3v) is 2.57. The molecule has 0 N–H and O–H groups in total. The molecule has 1 aromatic carbocycles. The molecule has 3 rings (SSSR count). The lowest BCUT2D eigenvalue weighted by molar-refractivity contribution is 0.169. The molecule has 0 unspecified atom stereocenters. The van der Waals surface area contributed by atoms with Crippen LogP contribution in [-0.2, 0) is 6.61 Å². The van der Waals surface area contributed by atoms with Crippen molar-refractivity contribution in [3.8, 4) is 17.2 Å². The van der Waals surface area contributed by atoms with Crippen molar-refractivity contribution in [3.63, 3.8) is 0 Å². The van der Waals surface area contributed by atoms with Gasteiger partial charge in [-0.1, -0.05) is 5.16 Å². The van der Waals surface area contributed by atoms with Crippen LogP contribution in [0.4, 0.5) is 0 Å². The van der Waals surface area contributed by atoms with E-state index in [1.807, 2.05) is 31.2 Å². The Bertz CT molecular complexity index is 550. The van der Waals surface area contributed by atoms with Gasteiger partial charge in [-0.05, 0) is 19.1 Å². The Kier molecular flexibility index (Phi) is 2.80. The van der Waals surface area contributed by atoms with Crippen molar-refractivity contribution in [1.82, 2.24) is 5.16 Å². The van der Waals surface area contributed by atoms with E-state index in [-0.39, 0.29) is 0 Å². The predicted molar refractivity (Wildman–Crippen MR) is 63.0 cm³/mol. The first-order chi connectivity index (χ1) is 8.81. The average Bonchev–Trinajstić information content (AvgIpc) is 2.82. The Labute approximate surface area is 104 Å². The minimum atomic E-state index is 0.348. The number of hydrogen-bond donors (Lipinski definition) is 0. The summed E-state index contributed by atoms with van der Waals surface area (Å²) in [6, 6.07) is 7.35. The molecule has 0 saturated heterocycles. The van der Waals surface area contributed by atoms with E-state index in [0.29, 0.717) is 37.1 Å². The van der Waals surface area contributed by atoms with Gasteiger partial charge in [0.1, 0.15) is 25.6 Å². The molecule has 5 nitrogen and oxygen atoms in total. The predicted octanol–water partition coefficient (Wildman–Crippen LogP) is 2.33. The first-order valence-corrected chi connectivity index (χ1v) is 5.76. The molecule has 0 radical (unpaired) electrons. The van der Waals surface area contributed by atoms with Gasteiger partial charge in [0.15, 0.2) is 17.3 Å². The number of rotatable bonds is 3. The Morgan fingerprint density at radius 3 is 2.78 bits per heavy atom. The number of aromatic nitrogens is 1. The molecule has 0 atom stereocenters. The smallest absolute Gasteiger partial charge is 0.174 e. The zero-order valence-electron chi connectivity index (χ0n) is 10.0. The van der Waals surface area contributed by atoms with Crippen molar-refractivity contribution in [2.45, 2.75) is 13.5 Å². The van der Waals surface area contributed by atoms with Gasteiger partial charge in [0.25, 0.3) is 0 Å². The highest BCUT2D eigenvalue weighted by Gasteiger charge is 2.12. The fraction of sp³-hybridized carbons (Fsp3) is 0.308. The van der Waals surface area contributed by atoms with Gasteiger partial charge in [0, 0.05) is 12.1 Å². The molecule has 0 aliphatic carbocycles. The zero-order chi connectivity index (χ0) is 12.4. The minimum absolute atomic E-state index is 0.348. The summed E-state index contributed by atoms with van der Waals surface area (Å²) in [5, 5.41) is 3.80. The van der Waals surface area contributed by atoms with Crippen LogP contribution in [0.1, 0.15) is 11.5 Å². The molecule has 0 bridgehead atoms.